The van der Waals surface area contributed by atoms with Gasteiger partial charge in [0.15, 0.2) is 5.96 Å². The average Bonchev–Trinajstić information content (AvgIpc) is 2.67. The number of benzene rings is 2. The van der Waals surface area contributed by atoms with Crippen molar-refractivity contribution in [2.24, 2.45) is 10.9 Å². The summed E-state index contributed by atoms with van der Waals surface area (Å²) < 4.78 is 5.46. The van der Waals surface area contributed by atoms with Crippen LogP contribution in [0.15, 0.2) is 47.5 Å². The van der Waals surface area contributed by atoms with Crippen LogP contribution in [0.4, 0.5) is 5.69 Å². The molecule has 2 aromatic carbocycles. The van der Waals surface area contributed by atoms with Gasteiger partial charge in [-0.05, 0) is 49.1 Å². The molecule has 0 radical (unpaired) electrons. The normalized spacial score (nSPS) is 14.1. The number of anilines is 1. The van der Waals surface area contributed by atoms with Gasteiger partial charge in [0.2, 0.25) is 5.91 Å². The molecule has 0 spiro atoms. The van der Waals surface area contributed by atoms with Crippen molar-refractivity contribution in [3.05, 3.63) is 59.2 Å². The molecule has 3 rings (SSSR count). The van der Waals surface area contributed by atoms with Crippen LogP contribution in [0.1, 0.15) is 36.0 Å². The molecule has 2 aromatic rings. The van der Waals surface area contributed by atoms with Crippen molar-refractivity contribution >= 4 is 17.6 Å². The number of amides is 1. The molecule has 0 aromatic heterocycles. The molecule has 1 amide bonds. The lowest BCUT2D eigenvalue weighted by atomic mass is 9.85. The summed E-state index contributed by atoms with van der Waals surface area (Å²) in [5, 5.41) is 9.66. The first-order valence-electron chi connectivity index (χ1n) is 10.1. The predicted molar refractivity (Wildman–Crippen MR) is 117 cm³/mol. The molecule has 154 valence electrons. The topological polar surface area (TPSA) is 74.8 Å². The molecular formula is C23H30N4O2. The summed E-state index contributed by atoms with van der Waals surface area (Å²) in [5.41, 5.74) is 4.15. The Labute approximate surface area is 172 Å². The minimum atomic E-state index is 0.130. The molecule has 0 saturated heterocycles. The summed E-state index contributed by atoms with van der Waals surface area (Å²) in [6, 6.07) is 14.1. The molecule has 0 unspecified atom stereocenters. The van der Waals surface area contributed by atoms with Gasteiger partial charge in [-0.25, -0.2) is 0 Å². The molecule has 1 aliphatic carbocycles. The number of hydrogen-bond donors (Lipinski definition) is 3. The van der Waals surface area contributed by atoms with Crippen molar-refractivity contribution in [3.63, 3.8) is 0 Å². The monoisotopic (exact) mass is 394 g/mol. The number of carbonyl (C=O) groups is 1. The van der Waals surface area contributed by atoms with E-state index in [0.29, 0.717) is 19.0 Å². The minimum Gasteiger partial charge on any atom is -0.496 e. The second kappa shape index (κ2) is 9.96. The van der Waals surface area contributed by atoms with Crippen LogP contribution in [0.25, 0.3) is 0 Å². The highest BCUT2D eigenvalue weighted by Gasteiger charge is 2.25. The maximum absolute atomic E-state index is 12.1. The summed E-state index contributed by atoms with van der Waals surface area (Å²) in [5.74, 6) is 1.88. The van der Waals surface area contributed by atoms with E-state index < -0.39 is 0 Å². The highest BCUT2D eigenvalue weighted by Crippen LogP contribution is 2.27. The van der Waals surface area contributed by atoms with Crippen molar-refractivity contribution in [2.45, 2.75) is 39.3 Å². The smallest absolute Gasteiger partial charge is 0.227 e. The van der Waals surface area contributed by atoms with Crippen LogP contribution in [-0.4, -0.2) is 26.0 Å². The van der Waals surface area contributed by atoms with Crippen molar-refractivity contribution in [2.75, 3.05) is 19.5 Å². The van der Waals surface area contributed by atoms with Gasteiger partial charge in [0, 0.05) is 37.3 Å². The quantitative estimate of drug-likeness (QED) is 0.495. The van der Waals surface area contributed by atoms with Crippen LogP contribution in [0.3, 0.4) is 0 Å². The van der Waals surface area contributed by atoms with Crippen LogP contribution in [0.2, 0.25) is 0 Å². The molecule has 29 heavy (non-hydrogen) atoms. The summed E-state index contributed by atoms with van der Waals surface area (Å²) in [6.07, 6.45) is 3.16. The van der Waals surface area contributed by atoms with E-state index in [9.17, 15) is 4.79 Å². The number of nitrogens with one attached hydrogen (secondary N) is 3. The van der Waals surface area contributed by atoms with Crippen LogP contribution in [-0.2, 0) is 17.9 Å². The van der Waals surface area contributed by atoms with Crippen molar-refractivity contribution in [3.8, 4) is 5.75 Å². The molecule has 1 fully saturated rings. The average molecular weight is 395 g/mol. The summed E-state index contributed by atoms with van der Waals surface area (Å²) >= 11 is 0. The van der Waals surface area contributed by atoms with Crippen LogP contribution >= 0.6 is 0 Å². The van der Waals surface area contributed by atoms with Gasteiger partial charge in [0.05, 0.1) is 7.11 Å². The Balaban J connectivity index is 1.53. The number of hydrogen-bond acceptors (Lipinski definition) is 3. The molecule has 1 saturated carbocycles. The first-order chi connectivity index (χ1) is 14.1. The van der Waals surface area contributed by atoms with E-state index in [1.165, 1.54) is 0 Å². The number of ether oxygens (including phenoxy) is 1. The zero-order valence-electron chi connectivity index (χ0n) is 17.4. The van der Waals surface area contributed by atoms with E-state index in [2.05, 4.69) is 33.1 Å². The third-order valence-corrected chi connectivity index (χ3v) is 5.24. The van der Waals surface area contributed by atoms with Crippen LogP contribution in [0, 0.1) is 12.8 Å². The Morgan fingerprint density at radius 1 is 1.14 bits per heavy atom. The molecule has 0 heterocycles. The highest BCUT2D eigenvalue weighted by atomic mass is 16.5. The number of guanidine groups is 1. The minimum absolute atomic E-state index is 0.130. The molecule has 3 N–H and O–H groups in total. The van der Waals surface area contributed by atoms with Crippen molar-refractivity contribution in [1.82, 2.24) is 10.6 Å². The Morgan fingerprint density at radius 3 is 2.62 bits per heavy atom. The van der Waals surface area contributed by atoms with E-state index in [1.54, 1.807) is 14.2 Å². The Kier molecular flexibility index (Phi) is 7.11. The number of aryl methyl sites for hydroxylation is 1. The van der Waals surface area contributed by atoms with Gasteiger partial charge in [0.1, 0.15) is 5.75 Å². The Hall–Kier alpha value is -3.02. The number of nitrogens with zero attached hydrogens (tertiary/aromatic N) is 1. The molecule has 0 bridgehead atoms. The van der Waals surface area contributed by atoms with Gasteiger partial charge in [0.25, 0.3) is 0 Å². The molecule has 0 aliphatic heterocycles. The predicted octanol–water partition coefficient (Wildman–Crippen LogP) is 3.61. The standard InChI is InChI=1S/C23H30N4O2/c1-16-10-11-19(21(12-16)29-3)15-26-23(24-2)25-14-17-6-4-9-20(13-17)27-22(28)18-7-5-8-18/h4,6,9-13,18H,5,7-8,14-15H2,1-3H3,(H,27,28)(H2,24,25,26). The fourth-order valence-corrected chi connectivity index (χ4v) is 3.26. The van der Waals surface area contributed by atoms with Crippen LogP contribution < -0.4 is 20.7 Å². The van der Waals surface area contributed by atoms with Gasteiger partial charge in [-0.2, -0.15) is 0 Å². The largest absolute Gasteiger partial charge is 0.496 e. The van der Waals surface area contributed by atoms with Crippen molar-refractivity contribution < 1.29 is 9.53 Å². The first kappa shape index (κ1) is 20.7. The maximum Gasteiger partial charge on any atom is 0.227 e. The lowest BCUT2D eigenvalue weighted by Gasteiger charge is -2.24. The fourth-order valence-electron chi connectivity index (χ4n) is 3.26. The number of aliphatic imine (C=N–C) groups is 1. The van der Waals surface area contributed by atoms with E-state index in [4.69, 9.17) is 4.74 Å². The van der Waals surface area contributed by atoms with Gasteiger partial charge in [-0.15, -0.1) is 0 Å². The number of rotatable bonds is 7. The van der Waals surface area contributed by atoms with Gasteiger partial charge in [-0.1, -0.05) is 30.7 Å². The van der Waals surface area contributed by atoms with Crippen molar-refractivity contribution in [1.29, 1.82) is 0 Å². The second-order valence-electron chi connectivity index (χ2n) is 7.41. The third kappa shape index (κ3) is 5.73. The first-order valence-corrected chi connectivity index (χ1v) is 10.1. The fraction of sp³-hybridized carbons (Fsp3) is 0.391. The van der Waals surface area contributed by atoms with E-state index >= 15 is 0 Å². The summed E-state index contributed by atoms with van der Waals surface area (Å²) in [7, 11) is 3.43. The van der Waals surface area contributed by atoms with E-state index in [-0.39, 0.29) is 11.8 Å². The zero-order valence-corrected chi connectivity index (χ0v) is 17.4. The van der Waals surface area contributed by atoms with Crippen LogP contribution in [0.5, 0.6) is 5.75 Å². The lowest BCUT2D eigenvalue weighted by molar-refractivity contribution is -0.122. The van der Waals surface area contributed by atoms with Gasteiger partial charge >= 0.3 is 0 Å². The Morgan fingerprint density at radius 2 is 1.93 bits per heavy atom. The molecule has 6 nitrogen and oxygen atoms in total. The maximum atomic E-state index is 12.1. The SMILES string of the molecule is CN=C(NCc1cccc(NC(=O)C2CCC2)c1)NCc1ccc(C)cc1OC. The lowest BCUT2D eigenvalue weighted by Crippen LogP contribution is -2.36. The Bertz CT molecular complexity index is 875. The van der Waals surface area contributed by atoms with Gasteiger partial charge < -0.3 is 20.7 Å². The number of carbonyl (C=O) groups excluding carboxylic acids is 1. The van der Waals surface area contributed by atoms with E-state index in [1.807, 2.05) is 37.3 Å². The summed E-state index contributed by atoms with van der Waals surface area (Å²) in [6.45, 7) is 3.27. The molecule has 6 heteroatoms. The third-order valence-electron chi connectivity index (χ3n) is 5.24. The highest BCUT2D eigenvalue weighted by molar-refractivity contribution is 5.93. The summed E-state index contributed by atoms with van der Waals surface area (Å²) in [4.78, 5) is 16.4. The zero-order chi connectivity index (χ0) is 20.6. The van der Waals surface area contributed by atoms with E-state index in [0.717, 1.165) is 47.4 Å². The molecule has 0 atom stereocenters. The molecule has 1 aliphatic rings. The number of methoxy groups -OCH3 is 1. The second-order valence-corrected chi connectivity index (χ2v) is 7.41. The van der Waals surface area contributed by atoms with Gasteiger partial charge in [-0.3, -0.25) is 9.79 Å². The molecular weight excluding hydrogens is 364 g/mol.